The number of rotatable bonds is 4. The number of sulfonamides is 1. The lowest BCUT2D eigenvalue weighted by Crippen LogP contribution is -2.12. The fourth-order valence-corrected chi connectivity index (χ4v) is 4.08. The van der Waals surface area contributed by atoms with Gasteiger partial charge in [-0.15, -0.1) is 11.3 Å². The highest BCUT2D eigenvalue weighted by Gasteiger charge is 2.17. The predicted molar refractivity (Wildman–Crippen MR) is 80.4 cm³/mol. The highest BCUT2D eigenvalue weighted by molar-refractivity contribution is 7.94. The minimum Gasteiger partial charge on any atom is -0.397 e. The molecule has 0 saturated heterocycles. The van der Waals surface area contributed by atoms with Gasteiger partial charge in [0.15, 0.2) is 0 Å². The lowest BCUT2D eigenvalue weighted by Gasteiger charge is -2.09. The fourth-order valence-electron chi connectivity index (χ4n) is 1.51. The van der Waals surface area contributed by atoms with Gasteiger partial charge in [0, 0.05) is 9.90 Å². The van der Waals surface area contributed by atoms with E-state index in [4.69, 9.17) is 17.3 Å². The Balaban J connectivity index is 2.30. The first kappa shape index (κ1) is 14.2. The second-order valence-electron chi connectivity index (χ2n) is 3.91. The zero-order chi connectivity index (χ0) is 14.0. The maximum Gasteiger partial charge on any atom is 0.271 e. The number of anilines is 2. The molecular weight excluding hydrogens is 304 g/mol. The van der Waals surface area contributed by atoms with Crippen molar-refractivity contribution in [3.05, 3.63) is 40.2 Å². The zero-order valence-electron chi connectivity index (χ0n) is 10.2. The average molecular weight is 317 g/mol. The van der Waals surface area contributed by atoms with Crippen LogP contribution in [0.3, 0.4) is 0 Å². The molecule has 0 unspecified atom stereocenters. The number of thiophene rings is 1. The Morgan fingerprint density at radius 1 is 1.32 bits per heavy atom. The third kappa shape index (κ3) is 3.20. The molecule has 7 heteroatoms. The molecule has 2 aromatic rings. The summed E-state index contributed by atoms with van der Waals surface area (Å²) in [6.07, 6.45) is 0.809. The van der Waals surface area contributed by atoms with Gasteiger partial charge >= 0.3 is 0 Å². The Kier molecular flexibility index (Phi) is 4.03. The van der Waals surface area contributed by atoms with Gasteiger partial charge in [0.05, 0.1) is 11.4 Å². The van der Waals surface area contributed by atoms with Crippen molar-refractivity contribution in [2.75, 3.05) is 10.5 Å². The molecule has 1 aromatic carbocycles. The van der Waals surface area contributed by atoms with Crippen LogP contribution in [-0.4, -0.2) is 8.42 Å². The van der Waals surface area contributed by atoms with Crippen LogP contribution in [0.2, 0.25) is 5.02 Å². The summed E-state index contributed by atoms with van der Waals surface area (Å²) in [5, 5.41) is 0.463. The largest absolute Gasteiger partial charge is 0.397 e. The molecule has 0 aliphatic heterocycles. The molecule has 1 aromatic heterocycles. The van der Waals surface area contributed by atoms with Crippen molar-refractivity contribution >= 4 is 44.3 Å². The highest BCUT2D eigenvalue weighted by Crippen LogP contribution is 2.28. The van der Waals surface area contributed by atoms with Gasteiger partial charge in [0.2, 0.25) is 0 Å². The van der Waals surface area contributed by atoms with Crippen molar-refractivity contribution in [2.45, 2.75) is 17.6 Å². The number of nitrogens with two attached hydrogens (primary N) is 1. The summed E-state index contributed by atoms with van der Waals surface area (Å²) in [6.45, 7) is 1.98. The molecule has 19 heavy (non-hydrogen) atoms. The molecule has 4 nitrogen and oxygen atoms in total. The Labute approximate surface area is 121 Å². The van der Waals surface area contributed by atoms with Crippen molar-refractivity contribution in [1.82, 2.24) is 0 Å². The van der Waals surface area contributed by atoms with E-state index in [1.165, 1.54) is 17.4 Å². The fraction of sp³-hybridized carbons (Fsp3) is 0.167. The average Bonchev–Trinajstić information content (AvgIpc) is 2.82. The molecular formula is C12H13ClN2O2S2. The maximum absolute atomic E-state index is 12.2. The van der Waals surface area contributed by atoms with Gasteiger partial charge in [-0.1, -0.05) is 18.5 Å². The minimum absolute atomic E-state index is 0.277. The van der Waals surface area contributed by atoms with Crippen molar-refractivity contribution < 1.29 is 8.42 Å². The lowest BCUT2D eigenvalue weighted by molar-refractivity contribution is 0.603. The molecule has 0 aliphatic rings. The molecule has 2 rings (SSSR count). The summed E-state index contributed by atoms with van der Waals surface area (Å²) in [6, 6.07) is 8.04. The maximum atomic E-state index is 12.2. The van der Waals surface area contributed by atoms with E-state index in [-0.39, 0.29) is 4.21 Å². The predicted octanol–water partition coefficient (Wildman–Crippen LogP) is 3.35. The van der Waals surface area contributed by atoms with Crippen molar-refractivity contribution in [3.8, 4) is 0 Å². The second-order valence-corrected chi connectivity index (χ2v) is 7.43. The van der Waals surface area contributed by atoms with Crippen molar-refractivity contribution in [2.24, 2.45) is 0 Å². The van der Waals surface area contributed by atoms with Crippen molar-refractivity contribution in [1.29, 1.82) is 0 Å². The van der Waals surface area contributed by atoms with Crippen LogP contribution in [0.1, 0.15) is 11.8 Å². The third-order valence-electron chi connectivity index (χ3n) is 2.51. The monoisotopic (exact) mass is 316 g/mol. The summed E-state index contributed by atoms with van der Waals surface area (Å²) in [5.41, 5.74) is 6.35. The van der Waals surface area contributed by atoms with E-state index in [2.05, 4.69) is 4.72 Å². The summed E-state index contributed by atoms with van der Waals surface area (Å²) in [7, 11) is -3.59. The van der Waals surface area contributed by atoms with E-state index in [9.17, 15) is 8.42 Å². The SMILES string of the molecule is CCc1ccc(S(=O)(=O)Nc2ccc(Cl)cc2N)s1. The van der Waals surface area contributed by atoms with E-state index in [0.717, 1.165) is 11.3 Å². The van der Waals surface area contributed by atoms with Crippen LogP contribution >= 0.6 is 22.9 Å². The van der Waals surface area contributed by atoms with Crippen LogP contribution in [0.15, 0.2) is 34.5 Å². The van der Waals surface area contributed by atoms with Gasteiger partial charge in [-0.05, 0) is 36.8 Å². The first-order valence-electron chi connectivity index (χ1n) is 5.59. The standard InChI is InChI=1S/C12H13ClN2O2S2/c1-2-9-4-6-12(18-9)19(16,17)15-11-5-3-8(13)7-10(11)14/h3-7,15H,2,14H2,1H3. The second kappa shape index (κ2) is 5.40. The topological polar surface area (TPSA) is 72.2 Å². The quantitative estimate of drug-likeness (QED) is 0.850. The number of nitrogen functional groups attached to an aromatic ring is 1. The molecule has 0 saturated carbocycles. The Morgan fingerprint density at radius 3 is 2.63 bits per heavy atom. The number of aryl methyl sites for hydroxylation is 1. The molecule has 3 N–H and O–H groups in total. The van der Waals surface area contributed by atoms with Gasteiger partial charge in [-0.25, -0.2) is 8.42 Å². The number of hydrogen-bond donors (Lipinski definition) is 2. The van der Waals surface area contributed by atoms with E-state index in [1.54, 1.807) is 18.2 Å². The normalized spacial score (nSPS) is 11.5. The summed E-state index contributed by atoms with van der Waals surface area (Å²) < 4.78 is 27.1. The van der Waals surface area contributed by atoms with E-state index < -0.39 is 10.0 Å². The van der Waals surface area contributed by atoms with Crippen LogP contribution in [-0.2, 0) is 16.4 Å². The van der Waals surface area contributed by atoms with Crippen LogP contribution in [0.25, 0.3) is 0 Å². The highest BCUT2D eigenvalue weighted by atomic mass is 35.5. The van der Waals surface area contributed by atoms with Gasteiger partial charge in [0.1, 0.15) is 4.21 Å². The lowest BCUT2D eigenvalue weighted by atomic mass is 10.3. The summed E-state index contributed by atoms with van der Waals surface area (Å²) in [4.78, 5) is 1.02. The van der Waals surface area contributed by atoms with Gasteiger partial charge < -0.3 is 5.73 Å². The van der Waals surface area contributed by atoms with Crippen LogP contribution in [0, 0.1) is 0 Å². The number of hydrogen-bond acceptors (Lipinski definition) is 4. The van der Waals surface area contributed by atoms with Crippen LogP contribution in [0.4, 0.5) is 11.4 Å². The summed E-state index contributed by atoms with van der Waals surface area (Å²) >= 11 is 7.02. The van der Waals surface area contributed by atoms with Crippen molar-refractivity contribution in [3.63, 3.8) is 0 Å². The molecule has 0 radical (unpaired) electrons. The number of halogens is 1. The van der Waals surface area contributed by atoms with E-state index in [0.29, 0.717) is 16.4 Å². The van der Waals surface area contributed by atoms with E-state index >= 15 is 0 Å². The van der Waals surface area contributed by atoms with Gasteiger partial charge in [-0.2, -0.15) is 0 Å². The minimum atomic E-state index is -3.59. The third-order valence-corrected chi connectivity index (χ3v) is 5.83. The molecule has 0 fully saturated rings. The van der Waals surface area contributed by atoms with Crippen LogP contribution < -0.4 is 10.5 Å². The Bertz CT molecular complexity index is 696. The number of benzene rings is 1. The Morgan fingerprint density at radius 2 is 2.05 bits per heavy atom. The van der Waals surface area contributed by atoms with Gasteiger partial charge in [-0.3, -0.25) is 4.72 Å². The van der Waals surface area contributed by atoms with Gasteiger partial charge in [0.25, 0.3) is 10.0 Å². The molecule has 1 heterocycles. The molecule has 102 valence electrons. The number of nitrogens with one attached hydrogen (secondary N) is 1. The first-order chi connectivity index (χ1) is 8.92. The smallest absolute Gasteiger partial charge is 0.271 e. The molecule has 0 bridgehead atoms. The Hall–Kier alpha value is -1.24. The van der Waals surface area contributed by atoms with E-state index in [1.807, 2.05) is 13.0 Å². The van der Waals surface area contributed by atoms with Crippen LogP contribution in [0.5, 0.6) is 0 Å². The molecule has 0 amide bonds. The zero-order valence-corrected chi connectivity index (χ0v) is 12.6. The molecule has 0 atom stereocenters. The molecule has 0 aliphatic carbocycles. The first-order valence-corrected chi connectivity index (χ1v) is 8.26. The summed E-state index contributed by atoms with van der Waals surface area (Å²) in [5.74, 6) is 0. The molecule has 0 spiro atoms.